The Kier molecular flexibility index (Phi) is 5.73. The number of Topliss-reactive ketones (excluding diaryl/α,β-unsaturated/α-hetero) is 1. The number of hydrogen-bond donors (Lipinski definition) is 2. The molecule has 0 amide bonds. The van der Waals surface area contributed by atoms with E-state index in [4.69, 9.17) is 11.6 Å². The van der Waals surface area contributed by atoms with Crippen LogP contribution in [0.2, 0.25) is 0 Å². The number of pyridine rings is 1. The van der Waals surface area contributed by atoms with E-state index in [1.54, 1.807) is 18.6 Å². The minimum absolute atomic E-state index is 0.0985. The molecule has 5 rings (SSSR count). The third kappa shape index (κ3) is 3.71. The monoisotopic (exact) mass is 457 g/mol. The van der Waals surface area contributed by atoms with Crippen LogP contribution in [0.5, 0.6) is 0 Å². The predicted molar refractivity (Wildman–Crippen MR) is 119 cm³/mol. The lowest BCUT2D eigenvalue weighted by atomic mass is 9.83. The number of hydrazone groups is 1. The zero-order chi connectivity index (χ0) is 22.2. The van der Waals surface area contributed by atoms with E-state index in [1.807, 2.05) is 22.2 Å². The Hall–Kier alpha value is -2.71. The Labute approximate surface area is 190 Å². The number of fused-ring (bicyclic) bond motifs is 1. The smallest absolute Gasteiger partial charge is 0.185 e. The first-order chi connectivity index (χ1) is 15.6. The Morgan fingerprint density at radius 2 is 2.09 bits per heavy atom. The Balaban J connectivity index is 1.36. The molecule has 2 aliphatic heterocycles. The second-order valence-electron chi connectivity index (χ2n) is 8.56. The summed E-state index contributed by atoms with van der Waals surface area (Å²) in [6.07, 6.45) is 11.6. The van der Waals surface area contributed by atoms with Crippen molar-refractivity contribution in [3.05, 3.63) is 64.2 Å². The third-order valence-electron chi connectivity index (χ3n) is 6.72. The molecule has 1 fully saturated rings. The van der Waals surface area contributed by atoms with Gasteiger partial charge in [-0.2, -0.15) is 5.10 Å². The van der Waals surface area contributed by atoms with Gasteiger partial charge in [0, 0.05) is 29.0 Å². The highest BCUT2D eigenvalue weighted by Crippen LogP contribution is 2.39. The minimum atomic E-state index is -0.620. The molecule has 0 spiro atoms. The molecule has 1 aromatic rings. The first-order valence-electron chi connectivity index (χ1n) is 11.0. The van der Waals surface area contributed by atoms with Gasteiger partial charge in [0.2, 0.25) is 0 Å². The normalized spacial score (nSPS) is 27.3. The van der Waals surface area contributed by atoms with Gasteiger partial charge in [-0.3, -0.25) is 14.7 Å². The maximum atomic E-state index is 14.2. The van der Waals surface area contributed by atoms with Crippen molar-refractivity contribution in [2.45, 2.75) is 56.5 Å². The summed E-state index contributed by atoms with van der Waals surface area (Å²) in [4.78, 5) is 18.9. The molecule has 0 aromatic carbocycles. The van der Waals surface area contributed by atoms with Gasteiger partial charge in [-0.05, 0) is 62.3 Å². The molecule has 32 heavy (non-hydrogen) atoms. The molecule has 168 valence electrons. The summed E-state index contributed by atoms with van der Waals surface area (Å²) in [6.45, 7) is -0.544. The molecule has 9 heteroatoms. The summed E-state index contributed by atoms with van der Waals surface area (Å²) in [5.74, 6) is 0.344. The number of carbonyl (C=O) groups excluding carboxylic acids is 1. The summed E-state index contributed by atoms with van der Waals surface area (Å²) in [7, 11) is 0. The van der Waals surface area contributed by atoms with Crippen molar-refractivity contribution in [3.8, 4) is 0 Å². The van der Waals surface area contributed by atoms with Crippen LogP contribution in [-0.4, -0.2) is 50.8 Å². The molecule has 1 atom stereocenters. The molecule has 1 aromatic heterocycles. The molecule has 2 aliphatic carbocycles. The SMILES string of the molecule is O=C(CO)C1C2=C(C=C(Cl)CC2)NC=C2N1C=NN2C1CCC(c2ncccc2F)CC1. The number of aliphatic hydroxyl groups excluding tert-OH is 1. The highest BCUT2D eigenvalue weighted by Gasteiger charge is 2.41. The molecule has 7 nitrogen and oxygen atoms in total. The Morgan fingerprint density at radius 3 is 2.84 bits per heavy atom. The lowest BCUT2D eigenvalue weighted by Gasteiger charge is -2.36. The first-order valence-corrected chi connectivity index (χ1v) is 11.4. The fraction of sp³-hybridized carbons (Fsp3) is 0.435. The van der Waals surface area contributed by atoms with Crippen molar-refractivity contribution in [1.82, 2.24) is 20.2 Å². The van der Waals surface area contributed by atoms with Gasteiger partial charge in [0.25, 0.3) is 0 Å². The Morgan fingerprint density at radius 1 is 1.28 bits per heavy atom. The van der Waals surface area contributed by atoms with E-state index in [0.717, 1.165) is 47.8 Å². The predicted octanol–water partition coefficient (Wildman–Crippen LogP) is 3.31. The van der Waals surface area contributed by atoms with Crippen LogP contribution in [-0.2, 0) is 4.79 Å². The summed E-state index contributed by atoms with van der Waals surface area (Å²) in [6, 6.07) is 2.59. The number of nitrogens with one attached hydrogen (secondary N) is 1. The average Bonchev–Trinajstić information content (AvgIpc) is 3.15. The van der Waals surface area contributed by atoms with E-state index >= 15 is 0 Å². The number of carbonyl (C=O) groups is 1. The van der Waals surface area contributed by atoms with E-state index < -0.39 is 12.6 Å². The fourth-order valence-corrected chi connectivity index (χ4v) is 5.34. The van der Waals surface area contributed by atoms with Crippen LogP contribution in [0.15, 0.2) is 57.8 Å². The van der Waals surface area contributed by atoms with Gasteiger partial charge in [0.1, 0.15) is 30.6 Å². The van der Waals surface area contributed by atoms with Gasteiger partial charge in [-0.15, -0.1) is 0 Å². The number of aromatic nitrogens is 1. The maximum Gasteiger partial charge on any atom is 0.185 e. The van der Waals surface area contributed by atoms with Gasteiger partial charge < -0.3 is 10.4 Å². The quantitative estimate of drug-likeness (QED) is 0.722. The molecular formula is C23H25ClFN5O2. The first kappa shape index (κ1) is 21.2. The zero-order valence-electron chi connectivity index (χ0n) is 17.5. The van der Waals surface area contributed by atoms with Crippen LogP contribution >= 0.6 is 11.6 Å². The largest absolute Gasteiger partial charge is 0.388 e. The number of hydrogen-bond acceptors (Lipinski definition) is 7. The molecular weight excluding hydrogens is 433 g/mol. The minimum Gasteiger partial charge on any atom is -0.388 e. The van der Waals surface area contributed by atoms with Crippen molar-refractivity contribution in [1.29, 1.82) is 0 Å². The van der Waals surface area contributed by atoms with Crippen molar-refractivity contribution >= 4 is 23.7 Å². The van der Waals surface area contributed by atoms with E-state index in [1.165, 1.54) is 6.07 Å². The van der Waals surface area contributed by atoms with Crippen LogP contribution in [0.3, 0.4) is 0 Å². The lowest BCUT2D eigenvalue weighted by Crippen LogP contribution is -2.44. The highest BCUT2D eigenvalue weighted by molar-refractivity contribution is 6.29. The topological polar surface area (TPSA) is 81.1 Å². The molecule has 2 N–H and O–H groups in total. The molecule has 0 bridgehead atoms. The molecule has 3 heterocycles. The second kappa shape index (κ2) is 8.67. The van der Waals surface area contributed by atoms with Crippen LogP contribution < -0.4 is 5.32 Å². The van der Waals surface area contributed by atoms with E-state index in [2.05, 4.69) is 15.4 Å². The van der Waals surface area contributed by atoms with Crippen LogP contribution in [0, 0.1) is 5.82 Å². The number of nitrogens with zero attached hydrogens (tertiary/aromatic N) is 4. The van der Waals surface area contributed by atoms with Crippen molar-refractivity contribution in [2.75, 3.05) is 6.61 Å². The van der Waals surface area contributed by atoms with Crippen LogP contribution in [0.1, 0.15) is 50.1 Å². The second-order valence-corrected chi connectivity index (χ2v) is 9.05. The zero-order valence-corrected chi connectivity index (χ0v) is 18.3. The van der Waals surface area contributed by atoms with Gasteiger partial charge in [0.15, 0.2) is 5.78 Å². The third-order valence-corrected chi connectivity index (χ3v) is 7.02. The molecule has 1 unspecified atom stereocenters. The fourth-order valence-electron chi connectivity index (χ4n) is 5.14. The van der Waals surface area contributed by atoms with Crippen LogP contribution in [0.25, 0.3) is 0 Å². The summed E-state index contributed by atoms with van der Waals surface area (Å²) in [5.41, 5.74) is 2.25. The molecule has 4 aliphatic rings. The average molecular weight is 458 g/mol. The van der Waals surface area contributed by atoms with Gasteiger partial charge in [0.05, 0.1) is 11.7 Å². The van der Waals surface area contributed by atoms with Crippen molar-refractivity contribution < 1.29 is 14.3 Å². The number of rotatable bonds is 4. The number of aliphatic hydroxyl groups is 1. The highest BCUT2D eigenvalue weighted by atomic mass is 35.5. The van der Waals surface area contributed by atoms with Crippen molar-refractivity contribution in [3.63, 3.8) is 0 Å². The number of allylic oxidation sites excluding steroid dienone is 2. The van der Waals surface area contributed by atoms with Gasteiger partial charge in [-0.1, -0.05) is 11.6 Å². The van der Waals surface area contributed by atoms with E-state index in [-0.39, 0.29) is 23.6 Å². The summed E-state index contributed by atoms with van der Waals surface area (Å²) < 4.78 is 14.2. The summed E-state index contributed by atoms with van der Waals surface area (Å²) in [5, 5.41) is 20.2. The number of ketones is 1. The van der Waals surface area contributed by atoms with Gasteiger partial charge >= 0.3 is 0 Å². The molecule has 1 saturated carbocycles. The van der Waals surface area contributed by atoms with E-state index in [9.17, 15) is 14.3 Å². The van der Waals surface area contributed by atoms with Crippen LogP contribution in [0.4, 0.5) is 4.39 Å². The van der Waals surface area contributed by atoms with Crippen molar-refractivity contribution in [2.24, 2.45) is 5.10 Å². The van der Waals surface area contributed by atoms with E-state index in [0.29, 0.717) is 18.5 Å². The summed E-state index contributed by atoms with van der Waals surface area (Å²) >= 11 is 6.25. The maximum absolute atomic E-state index is 14.2. The molecule has 0 radical (unpaired) electrons. The Bertz CT molecular complexity index is 1040. The van der Waals surface area contributed by atoms with Gasteiger partial charge in [-0.25, -0.2) is 9.40 Å². The number of halogens is 2. The molecule has 0 saturated heterocycles. The standard InChI is InChI=1S/C23H25ClFN5O2/c24-15-5-8-17-19(10-15)27-11-21-29(23(17)20(32)12-31)13-28-30(21)16-6-3-14(4-7-16)22-18(25)2-1-9-26-22/h1-2,9-11,13-14,16,23,27,31H,3-8,12H2. The lowest BCUT2D eigenvalue weighted by molar-refractivity contribution is -0.124.